The van der Waals surface area contributed by atoms with Crippen LogP contribution in [0.15, 0.2) is 67.0 Å². The van der Waals surface area contributed by atoms with Gasteiger partial charge in [0.25, 0.3) is 5.91 Å². The van der Waals surface area contributed by atoms with E-state index < -0.39 is 12.0 Å². The predicted octanol–water partition coefficient (Wildman–Crippen LogP) is 2.44. The molecule has 0 fully saturated rings. The number of nitrogens with two attached hydrogens (primary N) is 2. The number of carbonyl (C=O) groups is 3. The van der Waals surface area contributed by atoms with E-state index in [0.29, 0.717) is 22.5 Å². The molecular weight excluding hydrogens is 398 g/mol. The molecule has 6 N–H and O–H groups in total. The molecule has 0 bridgehead atoms. The quantitative estimate of drug-likeness (QED) is 0.432. The van der Waals surface area contributed by atoms with E-state index >= 15 is 0 Å². The Bertz CT molecular complexity index is 1100. The number of aromatic nitrogens is 1. The van der Waals surface area contributed by atoms with Gasteiger partial charge in [0.15, 0.2) is 0 Å². The van der Waals surface area contributed by atoms with E-state index in [2.05, 4.69) is 15.6 Å². The Morgan fingerprint density at radius 3 is 2.39 bits per heavy atom. The minimum absolute atomic E-state index is 0.0539. The first-order valence-corrected chi connectivity index (χ1v) is 9.31. The van der Waals surface area contributed by atoms with E-state index in [1.165, 1.54) is 18.5 Å². The predicted molar refractivity (Wildman–Crippen MR) is 115 cm³/mol. The van der Waals surface area contributed by atoms with E-state index in [4.69, 9.17) is 16.2 Å². The molecule has 1 aromatic heterocycles. The second-order valence-electron chi connectivity index (χ2n) is 6.61. The minimum atomic E-state index is -0.633. The average Bonchev–Trinajstić information content (AvgIpc) is 2.78. The van der Waals surface area contributed by atoms with Gasteiger partial charge in [0, 0.05) is 30.1 Å². The van der Waals surface area contributed by atoms with Crippen molar-refractivity contribution < 1.29 is 19.1 Å². The summed E-state index contributed by atoms with van der Waals surface area (Å²) in [7, 11) is 0. The average molecular weight is 419 g/mol. The van der Waals surface area contributed by atoms with Crippen LogP contribution in [0, 0.1) is 0 Å². The van der Waals surface area contributed by atoms with Gasteiger partial charge in [-0.2, -0.15) is 0 Å². The van der Waals surface area contributed by atoms with Crippen LogP contribution in [0.1, 0.15) is 31.8 Å². The van der Waals surface area contributed by atoms with Gasteiger partial charge >= 0.3 is 6.09 Å². The number of nitrogens with one attached hydrogen (secondary N) is 2. The topological polar surface area (TPSA) is 149 Å². The summed E-state index contributed by atoms with van der Waals surface area (Å²) >= 11 is 0. The molecule has 2 aromatic carbocycles. The van der Waals surface area contributed by atoms with Gasteiger partial charge < -0.3 is 26.8 Å². The molecule has 9 heteroatoms. The monoisotopic (exact) mass is 419 g/mol. The normalized spacial score (nSPS) is 10.2. The first kappa shape index (κ1) is 21.3. The molecule has 3 aromatic rings. The molecule has 9 nitrogen and oxygen atoms in total. The van der Waals surface area contributed by atoms with E-state index in [0.717, 1.165) is 5.56 Å². The first-order chi connectivity index (χ1) is 14.9. The summed E-state index contributed by atoms with van der Waals surface area (Å²) in [5, 5.41) is 5.36. The second kappa shape index (κ2) is 9.88. The third kappa shape index (κ3) is 6.04. The number of amides is 3. The molecule has 0 aliphatic rings. The molecule has 0 aliphatic carbocycles. The van der Waals surface area contributed by atoms with Crippen LogP contribution >= 0.6 is 0 Å². The van der Waals surface area contributed by atoms with Crippen molar-refractivity contribution >= 4 is 29.3 Å². The molecule has 3 amide bonds. The van der Waals surface area contributed by atoms with Crippen molar-refractivity contribution in [1.82, 2.24) is 10.3 Å². The number of rotatable bonds is 7. The number of ether oxygens (including phenoxy) is 1. The third-order valence-corrected chi connectivity index (χ3v) is 4.31. The number of pyridine rings is 1. The molecule has 31 heavy (non-hydrogen) atoms. The van der Waals surface area contributed by atoms with Gasteiger partial charge in [-0.15, -0.1) is 0 Å². The second-order valence-corrected chi connectivity index (χ2v) is 6.61. The van der Waals surface area contributed by atoms with Gasteiger partial charge in [-0.25, -0.2) is 4.79 Å². The Morgan fingerprint density at radius 2 is 1.68 bits per heavy atom. The summed E-state index contributed by atoms with van der Waals surface area (Å²) in [5.41, 5.74) is 14.1. The molecule has 0 aliphatic heterocycles. The van der Waals surface area contributed by atoms with Crippen LogP contribution in [-0.4, -0.2) is 22.9 Å². The molecular formula is C22H21N5O4. The van der Waals surface area contributed by atoms with Crippen LogP contribution in [0.2, 0.25) is 0 Å². The SMILES string of the molecule is NC(=O)c1cncc(COC(=O)NCc2ccc(C(=O)Nc3ccccc3N)cc2)c1. The van der Waals surface area contributed by atoms with Crippen molar-refractivity contribution in [1.29, 1.82) is 0 Å². The van der Waals surface area contributed by atoms with Crippen LogP contribution in [-0.2, 0) is 17.9 Å². The van der Waals surface area contributed by atoms with E-state index in [1.54, 1.807) is 48.5 Å². The number of primary amides is 1. The smallest absolute Gasteiger partial charge is 0.407 e. The molecule has 1 heterocycles. The maximum atomic E-state index is 12.3. The maximum absolute atomic E-state index is 12.3. The summed E-state index contributed by atoms with van der Waals surface area (Å²) < 4.78 is 5.11. The molecule has 0 saturated carbocycles. The van der Waals surface area contributed by atoms with Gasteiger partial charge in [0.2, 0.25) is 5.91 Å². The summed E-state index contributed by atoms with van der Waals surface area (Å²) in [5.74, 6) is -0.896. The number of nitrogens with zero attached hydrogens (tertiary/aromatic N) is 1. The number of alkyl carbamates (subject to hydrolysis) is 1. The zero-order valence-corrected chi connectivity index (χ0v) is 16.5. The Kier molecular flexibility index (Phi) is 6.79. The van der Waals surface area contributed by atoms with Gasteiger partial charge in [-0.05, 0) is 35.9 Å². The van der Waals surface area contributed by atoms with E-state index in [-0.39, 0.29) is 24.6 Å². The summed E-state index contributed by atoms with van der Waals surface area (Å²) in [6.45, 7) is 0.160. The van der Waals surface area contributed by atoms with Crippen molar-refractivity contribution in [2.45, 2.75) is 13.2 Å². The highest BCUT2D eigenvalue weighted by Crippen LogP contribution is 2.18. The molecule has 0 radical (unpaired) electrons. The lowest BCUT2D eigenvalue weighted by Gasteiger charge is -2.09. The highest BCUT2D eigenvalue weighted by Gasteiger charge is 2.09. The highest BCUT2D eigenvalue weighted by atomic mass is 16.5. The molecule has 3 rings (SSSR count). The number of hydrogen-bond donors (Lipinski definition) is 4. The van der Waals surface area contributed by atoms with Crippen molar-refractivity contribution in [2.24, 2.45) is 5.73 Å². The van der Waals surface area contributed by atoms with Gasteiger partial charge in [-0.1, -0.05) is 24.3 Å². The first-order valence-electron chi connectivity index (χ1n) is 9.31. The standard InChI is InChI=1S/C22H21N5O4/c23-18-3-1-2-4-19(18)27-21(29)16-7-5-14(6-8-16)11-26-22(30)31-13-15-9-17(20(24)28)12-25-10-15/h1-10,12H,11,13,23H2,(H2,24,28)(H,26,30)(H,27,29). The number of hydrogen-bond acceptors (Lipinski definition) is 6. The molecule has 0 atom stereocenters. The van der Waals surface area contributed by atoms with E-state index in [1.807, 2.05) is 0 Å². The minimum Gasteiger partial charge on any atom is -0.445 e. The number of para-hydroxylation sites is 2. The molecule has 0 saturated heterocycles. The molecule has 0 spiro atoms. The lowest BCUT2D eigenvalue weighted by atomic mass is 10.1. The Hall–Kier alpha value is -4.40. The largest absolute Gasteiger partial charge is 0.445 e. The third-order valence-electron chi connectivity index (χ3n) is 4.31. The Labute approximate surface area is 178 Å². The summed E-state index contributed by atoms with van der Waals surface area (Å²) in [6, 6.07) is 15.3. The summed E-state index contributed by atoms with van der Waals surface area (Å²) in [4.78, 5) is 39.3. The van der Waals surface area contributed by atoms with Crippen molar-refractivity contribution in [2.75, 3.05) is 11.1 Å². The lowest BCUT2D eigenvalue weighted by Crippen LogP contribution is -2.23. The van der Waals surface area contributed by atoms with Crippen molar-refractivity contribution in [3.05, 3.63) is 89.2 Å². The molecule has 0 unspecified atom stereocenters. The zero-order valence-electron chi connectivity index (χ0n) is 16.5. The fraction of sp³-hybridized carbons (Fsp3) is 0.0909. The highest BCUT2D eigenvalue weighted by molar-refractivity contribution is 6.05. The van der Waals surface area contributed by atoms with Crippen LogP contribution in [0.3, 0.4) is 0 Å². The number of nitrogen functional groups attached to an aromatic ring is 1. The fourth-order valence-corrected chi connectivity index (χ4v) is 2.65. The van der Waals surface area contributed by atoms with E-state index in [9.17, 15) is 14.4 Å². The zero-order chi connectivity index (χ0) is 22.2. The fourth-order valence-electron chi connectivity index (χ4n) is 2.65. The van der Waals surface area contributed by atoms with Crippen LogP contribution < -0.4 is 22.1 Å². The van der Waals surface area contributed by atoms with Crippen LogP contribution in [0.25, 0.3) is 0 Å². The van der Waals surface area contributed by atoms with Gasteiger partial charge in [0.05, 0.1) is 16.9 Å². The van der Waals surface area contributed by atoms with Crippen molar-refractivity contribution in [3.8, 4) is 0 Å². The summed E-state index contributed by atoms with van der Waals surface area (Å²) in [6.07, 6.45) is 2.18. The Balaban J connectivity index is 1.48. The van der Waals surface area contributed by atoms with Crippen molar-refractivity contribution in [3.63, 3.8) is 0 Å². The Morgan fingerprint density at radius 1 is 0.935 bits per heavy atom. The maximum Gasteiger partial charge on any atom is 0.407 e. The molecule has 158 valence electrons. The number of anilines is 2. The number of carbonyl (C=O) groups excluding carboxylic acids is 3. The lowest BCUT2D eigenvalue weighted by molar-refractivity contribution is 0.0997. The van der Waals surface area contributed by atoms with Gasteiger partial charge in [-0.3, -0.25) is 14.6 Å². The van der Waals surface area contributed by atoms with Crippen LogP contribution in [0.5, 0.6) is 0 Å². The van der Waals surface area contributed by atoms with Crippen LogP contribution in [0.4, 0.5) is 16.2 Å². The van der Waals surface area contributed by atoms with Gasteiger partial charge in [0.1, 0.15) is 6.61 Å². The number of benzene rings is 2.